The van der Waals surface area contributed by atoms with Crippen LogP contribution in [0, 0.1) is 0 Å². The van der Waals surface area contributed by atoms with Crippen molar-refractivity contribution in [3.8, 4) is 11.5 Å². The third-order valence-corrected chi connectivity index (χ3v) is 7.30. The Morgan fingerprint density at radius 1 is 1.21 bits per heavy atom. The maximum Gasteiger partial charge on any atom is 0.196 e. The van der Waals surface area contributed by atoms with Gasteiger partial charge in [-0.3, -0.25) is 9.69 Å². The van der Waals surface area contributed by atoms with E-state index in [1.165, 1.54) is 11.1 Å². The van der Waals surface area contributed by atoms with E-state index in [2.05, 4.69) is 30.1 Å². The van der Waals surface area contributed by atoms with E-state index >= 15 is 0 Å². The lowest BCUT2D eigenvalue weighted by molar-refractivity contribution is -0.130. The molecule has 0 spiro atoms. The van der Waals surface area contributed by atoms with Gasteiger partial charge in [-0.05, 0) is 69.1 Å². The van der Waals surface area contributed by atoms with E-state index in [1.807, 2.05) is 49.4 Å². The fourth-order valence-corrected chi connectivity index (χ4v) is 5.44. The van der Waals surface area contributed by atoms with Gasteiger partial charge < -0.3 is 14.2 Å². The van der Waals surface area contributed by atoms with Gasteiger partial charge in [-0.25, -0.2) is 0 Å². The Bertz CT molecular complexity index is 1090. The molecular weight excluding hydrogens is 426 g/mol. The number of ketones is 1. The van der Waals surface area contributed by atoms with Crippen molar-refractivity contribution in [3.63, 3.8) is 0 Å². The lowest BCUT2D eigenvalue weighted by atomic mass is 9.78. The van der Waals surface area contributed by atoms with Crippen LogP contribution in [0.4, 0.5) is 0 Å². The summed E-state index contributed by atoms with van der Waals surface area (Å²) in [4.78, 5) is 15.4. The number of ether oxygens (including phenoxy) is 3. The second-order valence-electron chi connectivity index (χ2n) is 9.49. The molecule has 0 aromatic heterocycles. The highest BCUT2D eigenvalue weighted by atomic mass is 16.5. The summed E-state index contributed by atoms with van der Waals surface area (Å²) < 4.78 is 19.4. The molecule has 3 unspecified atom stereocenters. The van der Waals surface area contributed by atoms with Crippen LogP contribution >= 0.6 is 0 Å². The number of likely N-dealkylation sites (N-methyl/N-ethyl adjacent to an activating group) is 1. The van der Waals surface area contributed by atoms with Crippen molar-refractivity contribution in [2.24, 2.45) is 0 Å². The quantitative estimate of drug-likeness (QED) is 0.588. The Morgan fingerprint density at radius 2 is 2.06 bits per heavy atom. The largest absolute Gasteiger partial charge is 0.485 e. The van der Waals surface area contributed by atoms with Crippen LogP contribution in [-0.2, 0) is 29.0 Å². The molecule has 6 bridgehead atoms. The fraction of sp³-hybridized carbons (Fsp3) is 0.414. The maximum atomic E-state index is 13.0. The van der Waals surface area contributed by atoms with Crippen molar-refractivity contribution in [3.05, 3.63) is 83.5 Å². The Morgan fingerprint density at radius 3 is 2.88 bits per heavy atom. The van der Waals surface area contributed by atoms with E-state index in [1.54, 1.807) is 6.08 Å². The van der Waals surface area contributed by atoms with Gasteiger partial charge in [0.05, 0.1) is 6.61 Å². The number of hydrogen-bond acceptors (Lipinski definition) is 5. The van der Waals surface area contributed by atoms with Crippen molar-refractivity contribution >= 4 is 5.78 Å². The SMILES string of the molecule is CC=CCOC12C=CC(=O)C(C1)Oc1c(OCc3ccccc3)ccc3c1CCCN(C)C2C3. The van der Waals surface area contributed by atoms with Crippen molar-refractivity contribution < 1.29 is 19.0 Å². The fourth-order valence-electron chi connectivity index (χ4n) is 5.44. The molecule has 0 radical (unpaired) electrons. The van der Waals surface area contributed by atoms with Crippen molar-refractivity contribution in [1.82, 2.24) is 4.90 Å². The number of hydrogen-bond donors (Lipinski definition) is 0. The van der Waals surface area contributed by atoms with Crippen molar-refractivity contribution in [1.29, 1.82) is 0 Å². The van der Waals surface area contributed by atoms with Crippen LogP contribution in [0.5, 0.6) is 11.5 Å². The summed E-state index contributed by atoms with van der Waals surface area (Å²) in [5.74, 6) is 1.42. The number of allylic oxidation sites excluding steroid dienone is 1. The lowest BCUT2D eigenvalue weighted by Crippen LogP contribution is -2.57. The molecule has 2 aliphatic heterocycles. The number of rotatable bonds is 6. The molecule has 0 fully saturated rings. The molecule has 1 aliphatic carbocycles. The normalized spacial score (nSPS) is 26.4. The van der Waals surface area contributed by atoms with Crippen LogP contribution in [0.3, 0.4) is 0 Å². The van der Waals surface area contributed by atoms with E-state index in [0.717, 1.165) is 37.1 Å². The third kappa shape index (κ3) is 4.42. The molecular formula is C29H33NO4. The molecule has 5 heteroatoms. The first-order valence-electron chi connectivity index (χ1n) is 12.3. The minimum absolute atomic E-state index is 0.0156. The number of carbonyl (C=O) groups is 1. The highest BCUT2D eigenvalue weighted by molar-refractivity contribution is 5.95. The monoisotopic (exact) mass is 459 g/mol. The summed E-state index contributed by atoms with van der Waals surface area (Å²) in [6, 6.07) is 14.4. The molecule has 3 aliphatic rings. The van der Waals surface area contributed by atoms with Gasteiger partial charge in [0.1, 0.15) is 12.2 Å². The van der Waals surface area contributed by atoms with E-state index in [0.29, 0.717) is 25.4 Å². The van der Waals surface area contributed by atoms with Gasteiger partial charge >= 0.3 is 0 Å². The molecule has 0 saturated heterocycles. The summed E-state index contributed by atoms with van der Waals surface area (Å²) in [6.07, 6.45) is 10.3. The molecule has 3 atom stereocenters. The average molecular weight is 460 g/mol. The van der Waals surface area contributed by atoms with E-state index in [9.17, 15) is 4.79 Å². The topological polar surface area (TPSA) is 48.0 Å². The molecule has 2 aromatic rings. The molecule has 178 valence electrons. The predicted molar refractivity (Wildman–Crippen MR) is 132 cm³/mol. The highest BCUT2D eigenvalue weighted by Gasteiger charge is 2.48. The van der Waals surface area contributed by atoms with E-state index in [4.69, 9.17) is 14.2 Å². The van der Waals surface area contributed by atoms with E-state index in [-0.39, 0.29) is 11.8 Å². The number of benzene rings is 2. The third-order valence-electron chi connectivity index (χ3n) is 7.30. The van der Waals surface area contributed by atoms with Gasteiger partial charge in [-0.15, -0.1) is 0 Å². The highest BCUT2D eigenvalue weighted by Crippen LogP contribution is 2.44. The van der Waals surface area contributed by atoms with Gasteiger partial charge in [0.2, 0.25) is 0 Å². The van der Waals surface area contributed by atoms with E-state index < -0.39 is 11.7 Å². The summed E-state index contributed by atoms with van der Waals surface area (Å²) in [7, 11) is 2.17. The predicted octanol–water partition coefficient (Wildman–Crippen LogP) is 4.68. The molecule has 2 aromatic carbocycles. The summed E-state index contributed by atoms with van der Waals surface area (Å²) in [6.45, 7) is 3.91. The summed E-state index contributed by atoms with van der Waals surface area (Å²) in [5.41, 5.74) is 2.92. The molecule has 5 rings (SSSR count). The van der Waals surface area contributed by atoms with Crippen LogP contribution in [0.15, 0.2) is 66.8 Å². The summed E-state index contributed by atoms with van der Waals surface area (Å²) >= 11 is 0. The molecule has 0 saturated carbocycles. The van der Waals surface area contributed by atoms with Crippen molar-refractivity contribution in [2.75, 3.05) is 20.2 Å². The Labute approximate surface area is 202 Å². The standard InChI is InChI=1S/C29H33NO4/c1-3-4-17-33-29-15-14-24(31)26(19-29)34-28-23-11-8-16-30(2)27(29)18-22(23)12-13-25(28)32-20-21-9-6-5-7-10-21/h3-7,9-10,12-15,26-27H,8,11,16-20H2,1-2H3. The second kappa shape index (κ2) is 9.77. The zero-order valence-corrected chi connectivity index (χ0v) is 20.0. The van der Waals surface area contributed by atoms with Gasteiger partial charge in [-0.2, -0.15) is 0 Å². The maximum absolute atomic E-state index is 13.0. The minimum atomic E-state index is -0.601. The van der Waals surface area contributed by atoms with Crippen molar-refractivity contribution in [2.45, 2.75) is 57.0 Å². The molecule has 0 amide bonds. The first-order valence-corrected chi connectivity index (χ1v) is 12.3. The van der Waals surface area contributed by atoms with Gasteiger partial charge in [0.15, 0.2) is 23.4 Å². The van der Waals surface area contributed by atoms with Crippen LogP contribution in [0.2, 0.25) is 0 Å². The first kappa shape index (κ1) is 22.9. The molecule has 0 N–H and O–H groups in total. The van der Waals surface area contributed by atoms with Crippen LogP contribution < -0.4 is 9.47 Å². The van der Waals surface area contributed by atoms with Gasteiger partial charge in [-0.1, -0.05) is 48.6 Å². The summed E-state index contributed by atoms with van der Waals surface area (Å²) in [5, 5.41) is 0. The number of nitrogens with zero attached hydrogens (tertiary/aromatic N) is 1. The van der Waals surface area contributed by atoms with Gasteiger partial charge in [0.25, 0.3) is 0 Å². The van der Waals surface area contributed by atoms with Crippen LogP contribution in [-0.4, -0.2) is 48.6 Å². The Hall–Kier alpha value is -2.89. The minimum Gasteiger partial charge on any atom is -0.485 e. The first-order chi connectivity index (χ1) is 16.6. The zero-order valence-electron chi connectivity index (χ0n) is 20.0. The average Bonchev–Trinajstić information content (AvgIpc) is 2.85. The van der Waals surface area contributed by atoms with Gasteiger partial charge in [0, 0.05) is 18.0 Å². The molecule has 34 heavy (non-hydrogen) atoms. The smallest absolute Gasteiger partial charge is 0.196 e. The number of carbonyl (C=O) groups excluding carboxylic acids is 1. The molecule has 2 heterocycles. The molecule has 5 nitrogen and oxygen atoms in total. The van der Waals surface area contributed by atoms with Crippen LogP contribution in [0.25, 0.3) is 0 Å². The second-order valence-corrected chi connectivity index (χ2v) is 9.49. The Balaban J connectivity index is 1.56. The number of fused-ring (bicyclic) bond motifs is 4. The lowest BCUT2D eigenvalue weighted by Gasteiger charge is -2.45. The zero-order chi connectivity index (χ0) is 23.5. The Kier molecular flexibility index (Phi) is 6.57. The van der Waals surface area contributed by atoms with Crippen LogP contribution in [0.1, 0.15) is 36.5 Å².